The quantitative estimate of drug-likeness (QED) is 0.680. The highest BCUT2D eigenvalue weighted by atomic mass is 35.5. The third kappa shape index (κ3) is 3.05. The number of anilines is 1. The molecule has 0 aliphatic rings. The molecule has 0 fully saturated rings. The van der Waals surface area contributed by atoms with Gasteiger partial charge in [0.2, 0.25) is 0 Å². The van der Waals surface area contributed by atoms with E-state index in [-0.39, 0.29) is 11.3 Å². The molecule has 23 heavy (non-hydrogen) atoms. The number of halogens is 1. The van der Waals surface area contributed by atoms with Crippen LogP contribution in [-0.4, -0.2) is 21.2 Å². The lowest BCUT2D eigenvalue weighted by Crippen LogP contribution is -2.13. The van der Waals surface area contributed by atoms with Crippen molar-refractivity contribution in [3.63, 3.8) is 0 Å². The predicted molar refractivity (Wildman–Crippen MR) is 89.8 cm³/mol. The Morgan fingerprint density at radius 2 is 1.96 bits per heavy atom. The molecule has 1 heterocycles. The molecule has 1 amide bonds. The summed E-state index contributed by atoms with van der Waals surface area (Å²) in [5.74, 6) is -0.198. The number of aromatic amines is 1. The highest BCUT2D eigenvalue weighted by molar-refractivity contribution is 6.31. The molecule has 0 saturated carbocycles. The Morgan fingerprint density at radius 3 is 2.70 bits per heavy atom. The van der Waals surface area contributed by atoms with Gasteiger partial charge in [-0.3, -0.25) is 9.89 Å². The molecular formula is C17H14ClN3O2. The van der Waals surface area contributed by atoms with Gasteiger partial charge in [0.25, 0.3) is 5.91 Å². The molecule has 6 heteroatoms. The molecule has 116 valence electrons. The smallest absolute Gasteiger partial charge is 0.260 e. The van der Waals surface area contributed by atoms with Gasteiger partial charge in [-0.25, -0.2) is 0 Å². The number of H-pyrrole nitrogens is 1. The lowest BCUT2D eigenvalue weighted by atomic mass is 10.1. The maximum atomic E-state index is 12.3. The Morgan fingerprint density at radius 1 is 1.22 bits per heavy atom. The Labute approximate surface area is 137 Å². The maximum Gasteiger partial charge on any atom is 0.260 e. The number of aromatic hydroxyl groups is 1. The molecule has 5 nitrogen and oxygen atoms in total. The van der Waals surface area contributed by atoms with Gasteiger partial charge in [-0.05, 0) is 30.7 Å². The van der Waals surface area contributed by atoms with E-state index in [0.717, 1.165) is 16.8 Å². The summed E-state index contributed by atoms with van der Waals surface area (Å²) in [5.41, 5.74) is 2.71. The summed E-state index contributed by atoms with van der Waals surface area (Å²) in [4.78, 5) is 12.3. The third-order valence-electron chi connectivity index (χ3n) is 3.51. The Balaban J connectivity index is 1.88. The minimum Gasteiger partial charge on any atom is -0.507 e. The van der Waals surface area contributed by atoms with E-state index in [1.54, 1.807) is 0 Å². The molecule has 1 aromatic heterocycles. The minimum atomic E-state index is -0.473. The number of hydrogen-bond donors (Lipinski definition) is 3. The number of benzene rings is 2. The zero-order chi connectivity index (χ0) is 16.4. The average Bonchev–Trinajstić information content (AvgIpc) is 2.91. The van der Waals surface area contributed by atoms with Gasteiger partial charge < -0.3 is 10.4 Å². The van der Waals surface area contributed by atoms with Crippen molar-refractivity contribution in [1.82, 2.24) is 10.2 Å². The van der Waals surface area contributed by atoms with Crippen LogP contribution in [0.3, 0.4) is 0 Å². The normalized spacial score (nSPS) is 10.5. The molecular weight excluding hydrogens is 314 g/mol. The first-order chi connectivity index (χ1) is 11.1. The van der Waals surface area contributed by atoms with Crippen molar-refractivity contribution in [2.75, 3.05) is 5.32 Å². The van der Waals surface area contributed by atoms with E-state index in [1.165, 1.54) is 18.2 Å². The van der Waals surface area contributed by atoms with Gasteiger partial charge in [-0.2, -0.15) is 5.10 Å². The molecule has 3 aromatic rings. The van der Waals surface area contributed by atoms with Gasteiger partial charge in [-0.15, -0.1) is 0 Å². The number of phenolic OH excluding ortho intramolecular Hbond substituents is 1. The second-order valence-electron chi connectivity index (χ2n) is 5.05. The Kier molecular flexibility index (Phi) is 4.04. The molecule has 2 aromatic carbocycles. The van der Waals surface area contributed by atoms with Crippen LogP contribution in [0.25, 0.3) is 11.3 Å². The van der Waals surface area contributed by atoms with Crippen LogP contribution in [0.1, 0.15) is 15.9 Å². The molecule has 0 aliphatic carbocycles. The second-order valence-corrected chi connectivity index (χ2v) is 5.49. The van der Waals surface area contributed by atoms with Crippen molar-refractivity contribution in [3.05, 3.63) is 64.7 Å². The summed E-state index contributed by atoms with van der Waals surface area (Å²) >= 11 is 5.87. The van der Waals surface area contributed by atoms with Crippen LogP contribution in [-0.2, 0) is 0 Å². The van der Waals surface area contributed by atoms with E-state index >= 15 is 0 Å². The van der Waals surface area contributed by atoms with Crippen LogP contribution in [0.5, 0.6) is 5.75 Å². The first-order valence-electron chi connectivity index (χ1n) is 6.96. The lowest BCUT2D eigenvalue weighted by molar-refractivity contribution is 0.102. The number of amides is 1. The number of carbonyl (C=O) groups excluding carboxylic acids is 1. The monoisotopic (exact) mass is 327 g/mol. The molecule has 0 aliphatic heterocycles. The van der Waals surface area contributed by atoms with Crippen LogP contribution < -0.4 is 5.32 Å². The van der Waals surface area contributed by atoms with Crippen LogP contribution >= 0.6 is 11.6 Å². The fourth-order valence-electron chi connectivity index (χ4n) is 2.27. The lowest BCUT2D eigenvalue weighted by Gasteiger charge is -2.06. The first kappa shape index (κ1) is 15.1. The number of hydrogen-bond acceptors (Lipinski definition) is 3. The largest absolute Gasteiger partial charge is 0.507 e. The predicted octanol–water partition coefficient (Wildman–Crippen LogP) is 4.00. The topological polar surface area (TPSA) is 78.0 Å². The zero-order valence-corrected chi connectivity index (χ0v) is 13.1. The summed E-state index contributed by atoms with van der Waals surface area (Å²) in [6, 6.07) is 14.0. The molecule has 0 bridgehead atoms. The van der Waals surface area contributed by atoms with E-state index in [9.17, 15) is 9.90 Å². The number of rotatable bonds is 3. The molecule has 0 unspecified atom stereocenters. The van der Waals surface area contributed by atoms with Crippen molar-refractivity contribution in [3.8, 4) is 17.0 Å². The SMILES string of the molecule is Cc1c(NC(=O)c2cc(Cl)ccc2O)n[nH]c1-c1ccccc1. The second kappa shape index (κ2) is 6.14. The molecule has 0 saturated heterocycles. The van der Waals surface area contributed by atoms with E-state index in [4.69, 9.17) is 11.6 Å². The van der Waals surface area contributed by atoms with E-state index in [0.29, 0.717) is 10.8 Å². The number of aromatic nitrogens is 2. The van der Waals surface area contributed by atoms with Crippen molar-refractivity contribution in [1.29, 1.82) is 0 Å². The fraction of sp³-hybridized carbons (Fsp3) is 0.0588. The summed E-state index contributed by atoms with van der Waals surface area (Å²) in [6.45, 7) is 1.86. The van der Waals surface area contributed by atoms with Crippen molar-refractivity contribution >= 4 is 23.3 Å². The summed E-state index contributed by atoms with van der Waals surface area (Å²) in [7, 11) is 0. The molecule has 3 N–H and O–H groups in total. The maximum absolute atomic E-state index is 12.3. The molecule has 0 atom stereocenters. The van der Waals surface area contributed by atoms with E-state index < -0.39 is 5.91 Å². The number of phenols is 1. The van der Waals surface area contributed by atoms with Gasteiger partial charge >= 0.3 is 0 Å². The fourth-order valence-corrected chi connectivity index (χ4v) is 2.44. The van der Waals surface area contributed by atoms with Gasteiger partial charge in [0.15, 0.2) is 5.82 Å². The van der Waals surface area contributed by atoms with Crippen molar-refractivity contribution in [2.45, 2.75) is 6.92 Å². The highest BCUT2D eigenvalue weighted by Gasteiger charge is 2.16. The zero-order valence-electron chi connectivity index (χ0n) is 12.3. The third-order valence-corrected chi connectivity index (χ3v) is 3.74. The average molecular weight is 328 g/mol. The first-order valence-corrected chi connectivity index (χ1v) is 7.34. The minimum absolute atomic E-state index is 0.0983. The summed E-state index contributed by atoms with van der Waals surface area (Å²) in [6.07, 6.45) is 0. The van der Waals surface area contributed by atoms with Gasteiger partial charge in [0.1, 0.15) is 5.75 Å². The van der Waals surface area contributed by atoms with Crippen LogP contribution in [0, 0.1) is 6.92 Å². The number of carbonyl (C=O) groups is 1. The van der Waals surface area contributed by atoms with Gasteiger partial charge in [0, 0.05) is 10.6 Å². The van der Waals surface area contributed by atoms with Crippen molar-refractivity contribution < 1.29 is 9.90 Å². The Hall–Kier alpha value is -2.79. The standard InChI is InChI=1S/C17H14ClN3O2/c1-10-15(11-5-3-2-4-6-11)20-21-16(10)19-17(23)13-9-12(18)7-8-14(13)22/h2-9,22H,1H3,(H2,19,20,21,23). The molecule has 3 rings (SSSR count). The highest BCUT2D eigenvalue weighted by Crippen LogP contribution is 2.27. The van der Waals surface area contributed by atoms with E-state index in [2.05, 4.69) is 15.5 Å². The number of nitrogens with one attached hydrogen (secondary N) is 2. The van der Waals surface area contributed by atoms with Gasteiger partial charge in [-0.1, -0.05) is 41.9 Å². The summed E-state index contributed by atoms with van der Waals surface area (Å²) in [5, 5.41) is 19.9. The Bertz CT molecular complexity index is 860. The van der Waals surface area contributed by atoms with Crippen LogP contribution in [0.4, 0.5) is 5.82 Å². The van der Waals surface area contributed by atoms with Gasteiger partial charge in [0.05, 0.1) is 11.3 Å². The molecule has 0 spiro atoms. The number of nitrogens with zero attached hydrogens (tertiary/aromatic N) is 1. The van der Waals surface area contributed by atoms with Crippen molar-refractivity contribution in [2.24, 2.45) is 0 Å². The van der Waals surface area contributed by atoms with Crippen LogP contribution in [0.15, 0.2) is 48.5 Å². The summed E-state index contributed by atoms with van der Waals surface area (Å²) < 4.78 is 0. The van der Waals surface area contributed by atoms with Crippen LogP contribution in [0.2, 0.25) is 5.02 Å². The van der Waals surface area contributed by atoms with E-state index in [1.807, 2.05) is 37.3 Å². The molecule has 0 radical (unpaired) electrons.